The number of methoxy groups -OCH3 is 1. The first-order valence-electron chi connectivity index (χ1n) is 6.71. The molecule has 0 spiro atoms. The van der Waals surface area contributed by atoms with E-state index in [0.29, 0.717) is 31.5 Å². The molecule has 0 bridgehead atoms. The number of halogens is 1. The predicted octanol–water partition coefficient (Wildman–Crippen LogP) is 1.63. The van der Waals surface area contributed by atoms with Gasteiger partial charge in [0.05, 0.1) is 6.61 Å². The van der Waals surface area contributed by atoms with Crippen molar-refractivity contribution in [3.05, 3.63) is 0 Å². The zero-order valence-corrected chi connectivity index (χ0v) is 13.8. The molecular weight excluding hydrogens is 284 g/mol. The highest BCUT2D eigenvalue weighted by Gasteiger charge is 2.21. The van der Waals surface area contributed by atoms with Gasteiger partial charge in [0.1, 0.15) is 0 Å². The number of nitrogens with zero attached hydrogens (tertiary/aromatic N) is 1. The van der Waals surface area contributed by atoms with Crippen molar-refractivity contribution in [2.24, 2.45) is 5.92 Å². The first-order chi connectivity index (χ1) is 8.63. The van der Waals surface area contributed by atoms with Crippen molar-refractivity contribution in [3.8, 4) is 0 Å². The Kier molecular flexibility index (Phi) is 10.8. The third-order valence-corrected chi connectivity index (χ3v) is 4.05. The van der Waals surface area contributed by atoms with E-state index in [1.54, 1.807) is 7.11 Å². The van der Waals surface area contributed by atoms with E-state index in [-0.39, 0.29) is 18.3 Å². The van der Waals surface area contributed by atoms with Crippen molar-refractivity contribution in [2.45, 2.75) is 26.3 Å². The predicted molar refractivity (Wildman–Crippen MR) is 84.3 cm³/mol. The van der Waals surface area contributed by atoms with Crippen LogP contribution in [-0.4, -0.2) is 61.7 Å². The van der Waals surface area contributed by atoms with Crippen LogP contribution in [0.5, 0.6) is 0 Å². The van der Waals surface area contributed by atoms with E-state index in [4.69, 9.17) is 4.74 Å². The Balaban J connectivity index is 0.00000324. The minimum Gasteiger partial charge on any atom is -0.383 e. The van der Waals surface area contributed by atoms with Gasteiger partial charge in [0.25, 0.3) is 0 Å². The molecule has 114 valence electrons. The number of hydrogen-bond donors (Lipinski definition) is 1. The fraction of sp³-hybridized carbons (Fsp3) is 0.923. The highest BCUT2D eigenvalue weighted by molar-refractivity contribution is 7.99. The van der Waals surface area contributed by atoms with E-state index in [2.05, 4.69) is 19.2 Å². The minimum atomic E-state index is 0. The lowest BCUT2D eigenvalue weighted by molar-refractivity contribution is -0.132. The van der Waals surface area contributed by atoms with Gasteiger partial charge >= 0.3 is 0 Å². The summed E-state index contributed by atoms with van der Waals surface area (Å²) < 4.78 is 5.08. The Morgan fingerprint density at radius 1 is 1.53 bits per heavy atom. The monoisotopic (exact) mass is 310 g/mol. The molecule has 1 aliphatic heterocycles. The highest BCUT2D eigenvalue weighted by Crippen LogP contribution is 2.12. The molecule has 1 fully saturated rings. The van der Waals surface area contributed by atoms with E-state index < -0.39 is 0 Å². The zero-order valence-electron chi connectivity index (χ0n) is 12.2. The molecule has 1 saturated heterocycles. The van der Waals surface area contributed by atoms with Gasteiger partial charge in [-0.05, 0) is 5.92 Å². The number of amides is 1. The van der Waals surface area contributed by atoms with Crippen LogP contribution < -0.4 is 5.32 Å². The summed E-state index contributed by atoms with van der Waals surface area (Å²) in [5, 5.41) is 3.41. The molecule has 1 amide bonds. The van der Waals surface area contributed by atoms with Crippen LogP contribution in [-0.2, 0) is 9.53 Å². The molecule has 0 aromatic carbocycles. The summed E-state index contributed by atoms with van der Waals surface area (Å²) in [6, 6.07) is 0.341. The summed E-state index contributed by atoms with van der Waals surface area (Å²) >= 11 is 1.93. The van der Waals surface area contributed by atoms with Crippen molar-refractivity contribution in [1.29, 1.82) is 0 Å². The summed E-state index contributed by atoms with van der Waals surface area (Å²) in [5.41, 5.74) is 0. The van der Waals surface area contributed by atoms with Crippen LogP contribution in [0, 0.1) is 5.92 Å². The number of rotatable bonds is 7. The van der Waals surface area contributed by atoms with Crippen LogP contribution in [0.15, 0.2) is 0 Å². The Morgan fingerprint density at radius 3 is 2.79 bits per heavy atom. The topological polar surface area (TPSA) is 41.6 Å². The average molecular weight is 311 g/mol. The normalized spacial score (nSPS) is 19.1. The van der Waals surface area contributed by atoms with Crippen molar-refractivity contribution in [1.82, 2.24) is 10.2 Å². The minimum absolute atomic E-state index is 0. The maximum Gasteiger partial charge on any atom is 0.224 e. The van der Waals surface area contributed by atoms with Gasteiger partial charge in [0, 0.05) is 50.7 Å². The Morgan fingerprint density at radius 2 is 2.26 bits per heavy atom. The number of hydrogen-bond acceptors (Lipinski definition) is 4. The summed E-state index contributed by atoms with van der Waals surface area (Å²) in [5.74, 6) is 2.95. The zero-order chi connectivity index (χ0) is 13.4. The molecule has 19 heavy (non-hydrogen) atoms. The molecule has 0 aromatic heterocycles. The quantitative estimate of drug-likeness (QED) is 0.776. The van der Waals surface area contributed by atoms with Gasteiger partial charge in [-0.1, -0.05) is 13.8 Å². The van der Waals surface area contributed by atoms with Gasteiger partial charge in [0.15, 0.2) is 0 Å². The van der Waals surface area contributed by atoms with E-state index in [0.717, 1.165) is 24.6 Å². The van der Waals surface area contributed by atoms with E-state index >= 15 is 0 Å². The molecule has 1 heterocycles. The summed E-state index contributed by atoms with van der Waals surface area (Å²) in [6.45, 7) is 7.44. The highest BCUT2D eigenvalue weighted by atomic mass is 35.5. The van der Waals surface area contributed by atoms with Crippen molar-refractivity contribution < 1.29 is 9.53 Å². The smallest absolute Gasteiger partial charge is 0.224 e. The van der Waals surface area contributed by atoms with Crippen LogP contribution in [0.2, 0.25) is 0 Å². The van der Waals surface area contributed by atoms with E-state index in [9.17, 15) is 4.79 Å². The summed E-state index contributed by atoms with van der Waals surface area (Å²) in [7, 11) is 1.68. The van der Waals surface area contributed by atoms with Crippen LogP contribution >= 0.6 is 24.2 Å². The lowest BCUT2D eigenvalue weighted by Crippen LogP contribution is -2.44. The van der Waals surface area contributed by atoms with Crippen LogP contribution in [0.25, 0.3) is 0 Å². The number of carbonyl (C=O) groups is 1. The molecule has 0 radical (unpaired) electrons. The first kappa shape index (κ1) is 19.0. The van der Waals surface area contributed by atoms with Gasteiger partial charge in [-0.25, -0.2) is 0 Å². The molecule has 1 unspecified atom stereocenters. The second-order valence-electron chi connectivity index (χ2n) is 5.16. The van der Waals surface area contributed by atoms with E-state index in [1.165, 1.54) is 0 Å². The standard InChI is InChI=1S/C13H26N2O2S.ClH/c1-11(2)9-15(5-6-17-3)13(16)8-12-10-18-7-4-14-12;/h11-12,14H,4-10H2,1-3H3;1H. The Bertz CT molecular complexity index is 249. The Labute approximate surface area is 127 Å². The molecule has 6 heteroatoms. The molecule has 1 aliphatic rings. The third-order valence-electron chi connectivity index (χ3n) is 2.92. The molecule has 4 nitrogen and oxygen atoms in total. The number of thioether (sulfide) groups is 1. The molecule has 0 aromatic rings. The fourth-order valence-corrected chi connectivity index (χ4v) is 3.00. The molecule has 1 rings (SSSR count). The summed E-state index contributed by atoms with van der Waals surface area (Å²) in [4.78, 5) is 14.2. The molecular formula is C13H27ClN2O2S. The molecule has 1 atom stereocenters. The van der Waals surface area contributed by atoms with Gasteiger partial charge in [0.2, 0.25) is 5.91 Å². The Hall–Kier alpha value is 0.0300. The van der Waals surface area contributed by atoms with Gasteiger partial charge in [-0.3, -0.25) is 4.79 Å². The second-order valence-corrected chi connectivity index (χ2v) is 6.31. The molecule has 0 saturated carbocycles. The maximum absolute atomic E-state index is 12.3. The maximum atomic E-state index is 12.3. The lowest BCUT2D eigenvalue weighted by atomic mass is 10.1. The average Bonchev–Trinajstić information content (AvgIpc) is 2.35. The number of nitrogens with one attached hydrogen (secondary N) is 1. The number of carbonyl (C=O) groups excluding carboxylic acids is 1. The first-order valence-corrected chi connectivity index (χ1v) is 7.86. The van der Waals surface area contributed by atoms with Crippen molar-refractivity contribution in [3.63, 3.8) is 0 Å². The summed E-state index contributed by atoms with van der Waals surface area (Å²) in [6.07, 6.45) is 0.615. The van der Waals surface area contributed by atoms with Crippen LogP contribution in [0.3, 0.4) is 0 Å². The van der Waals surface area contributed by atoms with Gasteiger partial charge in [-0.2, -0.15) is 11.8 Å². The van der Waals surface area contributed by atoms with Crippen molar-refractivity contribution in [2.75, 3.05) is 44.9 Å². The van der Waals surface area contributed by atoms with Gasteiger partial charge in [-0.15, -0.1) is 12.4 Å². The second kappa shape index (κ2) is 10.8. The van der Waals surface area contributed by atoms with Crippen molar-refractivity contribution >= 4 is 30.1 Å². The fourth-order valence-electron chi connectivity index (χ4n) is 2.05. The molecule has 0 aliphatic carbocycles. The SMILES string of the molecule is COCCN(CC(C)C)C(=O)CC1CSCCN1.Cl. The van der Waals surface area contributed by atoms with Crippen LogP contribution in [0.4, 0.5) is 0 Å². The van der Waals surface area contributed by atoms with Gasteiger partial charge < -0.3 is 15.0 Å². The van der Waals surface area contributed by atoms with E-state index in [1.807, 2.05) is 16.7 Å². The largest absolute Gasteiger partial charge is 0.383 e. The number of ether oxygens (including phenoxy) is 1. The third kappa shape index (κ3) is 8.02. The lowest BCUT2D eigenvalue weighted by Gasteiger charge is -2.28. The molecule has 1 N–H and O–H groups in total. The van der Waals surface area contributed by atoms with Crippen LogP contribution in [0.1, 0.15) is 20.3 Å².